The number of hydrogen-bond donors (Lipinski definition) is 1. The Bertz CT molecular complexity index is 912. The molecule has 2 amide bonds. The molecule has 0 aliphatic carbocycles. The third kappa shape index (κ3) is 3.41. The maximum Gasteiger partial charge on any atom is 0.368 e. The molecule has 1 heterocycles. The average Bonchev–Trinajstić information content (AvgIpc) is 2.94. The predicted octanol–water partition coefficient (Wildman–Crippen LogP) is 2.84. The van der Waals surface area contributed by atoms with Crippen molar-refractivity contribution in [2.24, 2.45) is 9.98 Å². The fourth-order valence-corrected chi connectivity index (χ4v) is 3.02. The van der Waals surface area contributed by atoms with Gasteiger partial charge in [0.25, 0.3) is 0 Å². The molecule has 0 saturated heterocycles. The summed E-state index contributed by atoms with van der Waals surface area (Å²) < 4.78 is 11.8. The van der Waals surface area contributed by atoms with E-state index in [9.17, 15) is 4.79 Å². The second-order valence-corrected chi connectivity index (χ2v) is 5.96. The summed E-state index contributed by atoms with van der Waals surface area (Å²) in [6, 6.07) is 8.92. The van der Waals surface area contributed by atoms with Crippen LogP contribution in [0.4, 0.5) is 10.5 Å². The van der Waals surface area contributed by atoms with Gasteiger partial charge in [0, 0.05) is 12.2 Å². The van der Waals surface area contributed by atoms with Crippen LogP contribution in [0.3, 0.4) is 0 Å². The van der Waals surface area contributed by atoms with Gasteiger partial charge in [-0.25, -0.2) is 4.79 Å². The summed E-state index contributed by atoms with van der Waals surface area (Å²) in [6.07, 6.45) is 0. The minimum Gasteiger partial charge on any atom is -0.493 e. The lowest BCUT2D eigenvalue weighted by Gasteiger charge is -2.14. The van der Waals surface area contributed by atoms with Gasteiger partial charge in [0.15, 0.2) is 11.5 Å². The van der Waals surface area contributed by atoms with E-state index in [1.165, 1.54) is 0 Å². The number of rotatable bonds is 6. The van der Waals surface area contributed by atoms with Crippen molar-refractivity contribution >= 4 is 27.6 Å². The molecule has 0 bridgehead atoms. The van der Waals surface area contributed by atoms with Crippen molar-refractivity contribution in [2.45, 2.75) is 13.5 Å². The first-order valence-electron chi connectivity index (χ1n) is 7.45. The largest absolute Gasteiger partial charge is 0.493 e. The molecule has 1 N–H and O–H groups in total. The van der Waals surface area contributed by atoms with E-state index in [1.54, 1.807) is 13.2 Å². The molecule has 2 aromatic rings. The van der Waals surface area contributed by atoms with Gasteiger partial charge >= 0.3 is 6.03 Å². The van der Waals surface area contributed by atoms with E-state index in [2.05, 4.69) is 31.2 Å². The molecule has 0 unspecified atom stereocenters. The quantitative estimate of drug-likeness (QED) is 0.824. The molecule has 6 nitrogen and oxygen atoms in total. The van der Waals surface area contributed by atoms with Crippen molar-refractivity contribution < 1.29 is 14.3 Å². The summed E-state index contributed by atoms with van der Waals surface area (Å²) >= 11 is 3.52. The maximum atomic E-state index is 11.2. The lowest BCUT2D eigenvalue weighted by atomic mass is 10.2. The van der Waals surface area contributed by atoms with Crippen LogP contribution in [0.1, 0.15) is 12.5 Å². The van der Waals surface area contributed by atoms with Gasteiger partial charge in [-0.2, -0.15) is 9.98 Å². The van der Waals surface area contributed by atoms with Crippen molar-refractivity contribution in [3.63, 3.8) is 0 Å². The Labute approximate surface area is 147 Å². The third-order valence-electron chi connectivity index (χ3n) is 3.48. The molecule has 1 aliphatic heterocycles. The van der Waals surface area contributed by atoms with Gasteiger partial charge in [-0.05, 0) is 58.7 Å². The third-order valence-corrected chi connectivity index (χ3v) is 4.07. The van der Waals surface area contributed by atoms with Gasteiger partial charge < -0.3 is 14.8 Å². The molecule has 0 fully saturated rings. The van der Waals surface area contributed by atoms with Crippen molar-refractivity contribution in [3.05, 3.63) is 51.1 Å². The summed E-state index contributed by atoms with van der Waals surface area (Å²) in [7, 11) is 1.62. The number of urea groups is 1. The summed E-state index contributed by atoms with van der Waals surface area (Å²) in [5.41, 5.74) is 1.90. The first-order chi connectivity index (χ1) is 11.6. The molecule has 24 heavy (non-hydrogen) atoms. The average molecular weight is 390 g/mol. The number of nitrogens with one attached hydrogen (secondary N) is 1. The van der Waals surface area contributed by atoms with E-state index in [0.717, 1.165) is 15.7 Å². The Hall–Kier alpha value is -2.41. The van der Waals surface area contributed by atoms with Gasteiger partial charge in [-0.15, -0.1) is 0 Å². The molecular formula is C17H16BrN3O3. The zero-order valence-electron chi connectivity index (χ0n) is 13.3. The Balaban J connectivity index is 1.79. The molecule has 0 spiro atoms. The van der Waals surface area contributed by atoms with Gasteiger partial charge in [0.2, 0.25) is 0 Å². The molecule has 124 valence electrons. The van der Waals surface area contributed by atoms with Crippen molar-refractivity contribution in [1.29, 1.82) is 0 Å². The van der Waals surface area contributed by atoms with Gasteiger partial charge in [0.1, 0.15) is 0 Å². The number of nitrogens with zero attached hydrogens (tertiary/aromatic N) is 2. The van der Waals surface area contributed by atoms with Crippen LogP contribution < -0.4 is 25.5 Å². The lowest BCUT2D eigenvalue weighted by molar-refractivity contribution is 0.256. The number of benzene rings is 2. The molecule has 1 aliphatic rings. The molecule has 0 aromatic heterocycles. The number of carbonyl (C=O) groups excluding carboxylic acids is 1. The fraction of sp³-hybridized carbons (Fsp3) is 0.235. The zero-order valence-corrected chi connectivity index (χ0v) is 14.9. The summed E-state index contributed by atoms with van der Waals surface area (Å²) in [4.78, 5) is 18.9. The van der Waals surface area contributed by atoms with E-state index < -0.39 is 6.03 Å². The SMILES string of the molecule is CCOc1c(Br)cc(CNc2ccc3c(c2)=NC(=O)N=3)cc1OC. The molecule has 7 heteroatoms. The second-order valence-electron chi connectivity index (χ2n) is 5.11. The normalized spacial score (nSPS) is 12.2. The molecular weight excluding hydrogens is 374 g/mol. The maximum absolute atomic E-state index is 11.2. The lowest BCUT2D eigenvalue weighted by Crippen LogP contribution is -2.21. The van der Waals surface area contributed by atoms with E-state index in [-0.39, 0.29) is 0 Å². The molecule has 3 rings (SSSR count). The van der Waals surface area contributed by atoms with Crippen molar-refractivity contribution in [3.8, 4) is 11.5 Å². The number of fused-ring (bicyclic) bond motifs is 1. The topological polar surface area (TPSA) is 72.3 Å². The highest BCUT2D eigenvalue weighted by molar-refractivity contribution is 9.10. The Morgan fingerprint density at radius 1 is 1.17 bits per heavy atom. The number of methoxy groups -OCH3 is 1. The van der Waals surface area contributed by atoms with Crippen LogP contribution >= 0.6 is 15.9 Å². The number of anilines is 1. The highest BCUT2D eigenvalue weighted by Gasteiger charge is 2.11. The monoisotopic (exact) mass is 389 g/mol. The molecule has 0 radical (unpaired) electrons. The number of amides is 2. The highest BCUT2D eigenvalue weighted by atomic mass is 79.9. The fourth-order valence-electron chi connectivity index (χ4n) is 2.41. The van der Waals surface area contributed by atoms with Gasteiger partial charge in [-0.1, -0.05) is 0 Å². The summed E-state index contributed by atoms with van der Waals surface area (Å²) in [6.45, 7) is 3.08. The van der Waals surface area contributed by atoms with Crippen LogP contribution in [0.25, 0.3) is 0 Å². The van der Waals surface area contributed by atoms with Gasteiger partial charge in [-0.3, -0.25) is 0 Å². The Morgan fingerprint density at radius 3 is 2.71 bits per heavy atom. The van der Waals surface area contributed by atoms with Crippen LogP contribution in [0.2, 0.25) is 0 Å². The Morgan fingerprint density at radius 2 is 1.96 bits per heavy atom. The number of hydrogen-bond acceptors (Lipinski definition) is 4. The van der Waals surface area contributed by atoms with Crippen LogP contribution in [0, 0.1) is 0 Å². The Kier molecular flexibility index (Phi) is 4.80. The first-order valence-corrected chi connectivity index (χ1v) is 8.24. The van der Waals surface area contributed by atoms with E-state index in [0.29, 0.717) is 35.4 Å². The van der Waals surface area contributed by atoms with Gasteiger partial charge in [0.05, 0.1) is 28.9 Å². The van der Waals surface area contributed by atoms with E-state index in [1.807, 2.05) is 31.2 Å². The minimum atomic E-state index is -0.456. The zero-order chi connectivity index (χ0) is 17.1. The standard InChI is InChI=1S/C17H16BrN3O3/c1-3-24-16-12(18)6-10(7-15(16)23-2)9-19-11-4-5-13-14(8-11)21-17(22)20-13/h4-8,19H,3,9H2,1-2H3. The smallest absolute Gasteiger partial charge is 0.368 e. The van der Waals surface area contributed by atoms with Crippen molar-refractivity contribution in [1.82, 2.24) is 0 Å². The van der Waals surface area contributed by atoms with Crippen molar-refractivity contribution in [2.75, 3.05) is 19.0 Å². The highest BCUT2D eigenvalue weighted by Crippen LogP contribution is 2.36. The summed E-state index contributed by atoms with van der Waals surface area (Å²) in [5.74, 6) is 1.37. The molecule has 0 atom stereocenters. The first kappa shape index (κ1) is 16.4. The van der Waals surface area contributed by atoms with E-state index in [4.69, 9.17) is 9.47 Å². The number of halogens is 1. The minimum absolute atomic E-state index is 0.456. The predicted molar refractivity (Wildman–Crippen MR) is 93.3 cm³/mol. The number of carbonyl (C=O) groups is 1. The second kappa shape index (κ2) is 7.00. The van der Waals surface area contributed by atoms with Crippen LogP contribution in [-0.2, 0) is 6.54 Å². The van der Waals surface area contributed by atoms with Crippen LogP contribution in [0.15, 0.2) is 44.8 Å². The van der Waals surface area contributed by atoms with Crippen LogP contribution in [0.5, 0.6) is 11.5 Å². The molecule has 0 saturated carbocycles. The number of ether oxygens (including phenoxy) is 2. The van der Waals surface area contributed by atoms with Crippen LogP contribution in [-0.4, -0.2) is 19.7 Å². The van der Waals surface area contributed by atoms with E-state index >= 15 is 0 Å². The summed E-state index contributed by atoms with van der Waals surface area (Å²) in [5, 5.41) is 4.51. The molecule has 2 aromatic carbocycles.